The summed E-state index contributed by atoms with van der Waals surface area (Å²) in [6, 6.07) is -0.322. The third-order valence-electron chi connectivity index (χ3n) is 5.10. The highest BCUT2D eigenvalue weighted by Crippen LogP contribution is 2.35. The first-order chi connectivity index (χ1) is 13.9. The quantitative estimate of drug-likeness (QED) is 0.342. The third-order valence-corrected chi connectivity index (χ3v) is 6.63. The summed E-state index contributed by atoms with van der Waals surface area (Å²) >= 11 is 7.45. The summed E-state index contributed by atoms with van der Waals surface area (Å²) in [7, 11) is 1.36. The minimum absolute atomic E-state index is 0.0502. The number of esters is 1. The van der Waals surface area contributed by atoms with Crippen molar-refractivity contribution in [1.82, 2.24) is 24.8 Å². The van der Waals surface area contributed by atoms with Crippen LogP contribution in [0.2, 0.25) is 5.28 Å². The van der Waals surface area contributed by atoms with Crippen molar-refractivity contribution < 1.29 is 24.5 Å². The van der Waals surface area contributed by atoms with E-state index in [9.17, 15) is 15.0 Å². The Morgan fingerprint density at radius 1 is 1.48 bits per heavy atom. The van der Waals surface area contributed by atoms with Crippen LogP contribution in [0.25, 0.3) is 11.2 Å². The number of rotatable bonds is 5. The third kappa shape index (κ3) is 3.88. The lowest BCUT2D eigenvalue weighted by Crippen LogP contribution is -2.33. The van der Waals surface area contributed by atoms with Gasteiger partial charge >= 0.3 is 5.97 Å². The molecular weight excluding hydrogens is 424 g/mol. The van der Waals surface area contributed by atoms with Gasteiger partial charge in [0.25, 0.3) is 0 Å². The molecule has 2 aliphatic rings. The fourth-order valence-corrected chi connectivity index (χ4v) is 5.03. The minimum Gasteiger partial charge on any atom is -0.468 e. The first-order valence-electron chi connectivity index (χ1n) is 8.99. The average molecular weight is 445 g/mol. The summed E-state index contributed by atoms with van der Waals surface area (Å²) in [5, 5.41) is 24.2. The first-order valence-corrected chi connectivity index (χ1v) is 10.4. The van der Waals surface area contributed by atoms with Crippen molar-refractivity contribution in [3.8, 4) is 0 Å². The largest absolute Gasteiger partial charge is 0.468 e. The van der Waals surface area contributed by atoms with E-state index >= 15 is 0 Å². The molecule has 2 aromatic heterocycles. The monoisotopic (exact) mass is 444 g/mol. The lowest BCUT2D eigenvalue weighted by Gasteiger charge is -2.17. The second-order valence-electron chi connectivity index (χ2n) is 6.92. The highest BCUT2D eigenvalue weighted by Gasteiger charge is 2.45. The predicted octanol–water partition coefficient (Wildman–Crippen LogP) is -0.682. The van der Waals surface area contributed by atoms with E-state index in [4.69, 9.17) is 26.8 Å². The number of imidazole rings is 1. The van der Waals surface area contributed by atoms with Crippen LogP contribution in [0.15, 0.2) is 6.33 Å². The highest BCUT2D eigenvalue weighted by atomic mass is 35.5. The van der Waals surface area contributed by atoms with Gasteiger partial charge < -0.3 is 30.7 Å². The maximum absolute atomic E-state index is 11.6. The van der Waals surface area contributed by atoms with Gasteiger partial charge in [-0.05, 0) is 18.0 Å². The Kier molecular flexibility index (Phi) is 5.82. The molecule has 11 nitrogen and oxygen atoms in total. The SMILES string of the molecule is COC(=O)C1CC(SC[C@H]2O[C@@H](n3cnc4c(N)nc(Cl)nc43)[C@H](O)[C@H]2O)CN1. The number of carbonyl (C=O) groups excluding carboxylic acids is 1. The van der Waals surface area contributed by atoms with Gasteiger partial charge in [-0.3, -0.25) is 9.36 Å². The molecule has 2 unspecified atom stereocenters. The highest BCUT2D eigenvalue weighted by molar-refractivity contribution is 8.00. The molecule has 6 atom stereocenters. The van der Waals surface area contributed by atoms with Crippen LogP contribution in [-0.4, -0.2) is 84.7 Å². The van der Waals surface area contributed by atoms with E-state index in [1.807, 2.05) is 0 Å². The summed E-state index contributed by atoms with van der Waals surface area (Å²) in [5.74, 6) is 0.278. The molecule has 2 fully saturated rings. The zero-order valence-electron chi connectivity index (χ0n) is 15.4. The molecule has 0 aromatic carbocycles. The second-order valence-corrected chi connectivity index (χ2v) is 8.59. The van der Waals surface area contributed by atoms with Crippen LogP contribution in [0.5, 0.6) is 0 Å². The summed E-state index contributed by atoms with van der Waals surface area (Å²) in [6.45, 7) is 0.653. The van der Waals surface area contributed by atoms with Crippen LogP contribution < -0.4 is 11.1 Å². The summed E-state index contributed by atoms with van der Waals surface area (Å²) in [4.78, 5) is 23.7. The maximum Gasteiger partial charge on any atom is 0.322 e. The van der Waals surface area contributed by atoms with Gasteiger partial charge in [-0.25, -0.2) is 4.98 Å². The number of aliphatic hydroxyl groups is 2. The van der Waals surface area contributed by atoms with Gasteiger partial charge in [0.1, 0.15) is 23.8 Å². The van der Waals surface area contributed by atoms with Crippen molar-refractivity contribution in [3.63, 3.8) is 0 Å². The molecule has 29 heavy (non-hydrogen) atoms. The molecule has 4 heterocycles. The normalized spacial score (nSPS) is 32.1. The number of hydrogen-bond acceptors (Lipinski definition) is 11. The molecule has 0 amide bonds. The van der Waals surface area contributed by atoms with Crippen LogP contribution >= 0.6 is 23.4 Å². The number of halogens is 1. The van der Waals surface area contributed by atoms with E-state index < -0.39 is 24.5 Å². The van der Waals surface area contributed by atoms with Crippen LogP contribution in [0.1, 0.15) is 12.6 Å². The fourth-order valence-electron chi connectivity index (χ4n) is 3.58. The molecule has 2 aliphatic heterocycles. The lowest BCUT2D eigenvalue weighted by atomic mass is 10.1. The van der Waals surface area contributed by atoms with Crippen LogP contribution in [0.3, 0.4) is 0 Å². The molecule has 0 spiro atoms. The maximum atomic E-state index is 11.6. The number of ether oxygens (including phenoxy) is 2. The van der Waals surface area contributed by atoms with Crippen LogP contribution in [0, 0.1) is 0 Å². The number of anilines is 1. The topological polar surface area (TPSA) is 158 Å². The molecule has 5 N–H and O–H groups in total. The number of aromatic nitrogens is 4. The van der Waals surface area contributed by atoms with E-state index in [1.54, 1.807) is 11.8 Å². The zero-order chi connectivity index (χ0) is 20.7. The first kappa shape index (κ1) is 20.6. The van der Waals surface area contributed by atoms with Crippen LogP contribution in [0.4, 0.5) is 5.82 Å². The molecule has 13 heteroatoms. The molecule has 2 aromatic rings. The van der Waals surface area contributed by atoms with Gasteiger partial charge in [-0.1, -0.05) is 0 Å². The number of thioether (sulfide) groups is 1. The lowest BCUT2D eigenvalue weighted by molar-refractivity contribution is -0.142. The van der Waals surface area contributed by atoms with Crippen LogP contribution in [-0.2, 0) is 14.3 Å². The number of nitrogens with zero attached hydrogens (tertiary/aromatic N) is 4. The Bertz CT molecular complexity index is 915. The number of nitrogen functional groups attached to an aromatic ring is 1. The number of nitrogens with two attached hydrogens (primary N) is 1. The Labute approximate surface area is 174 Å². The van der Waals surface area contributed by atoms with Crippen molar-refractivity contribution in [2.75, 3.05) is 25.1 Å². The molecule has 158 valence electrons. The van der Waals surface area contributed by atoms with Gasteiger partial charge in [0.05, 0.1) is 19.5 Å². The van der Waals surface area contributed by atoms with Crippen molar-refractivity contribution in [1.29, 1.82) is 0 Å². The second kappa shape index (κ2) is 8.20. The molecule has 4 rings (SSSR count). The van der Waals surface area contributed by atoms with E-state index in [0.717, 1.165) is 0 Å². The van der Waals surface area contributed by atoms with Crippen molar-refractivity contribution >= 4 is 46.3 Å². The molecule has 0 saturated carbocycles. The fraction of sp³-hybridized carbons (Fsp3) is 0.625. The Balaban J connectivity index is 1.43. The standard InChI is InChI=1S/C16H21ClN6O5S/c1-27-15(26)7-2-6(3-19-7)29-4-8-10(24)11(25)14(28-8)23-5-20-9-12(18)21-16(17)22-13(9)23/h5-8,10-11,14,19,24-25H,2-4H2,1H3,(H2,18,21,22)/t6?,7?,8-,10+,11-,14-/m1/s1. The Morgan fingerprint density at radius 3 is 3.03 bits per heavy atom. The number of methoxy groups -OCH3 is 1. The molecule has 0 aliphatic carbocycles. The van der Waals surface area contributed by atoms with Gasteiger partial charge in [-0.15, -0.1) is 0 Å². The van der Waals surface area contributed by atoms with Gasteiger partial charge in [0, 0.05) is 17.5 Å². The summed E-state index contributed by atoms with van der Waals surface area (Å²) in [5.41, 5.74) is 6.46. The smallest absolute Gasteiger partial charge is 0.322 e. The predicted molar refractivity (Wildman–Crippen MR) is 105 cm³/mol. The molecular formula is C16H21ClN6O5S. The summed E-state index contributed by atoms with van der Waals surface area (Å²) in [6.07, 6.45) is -1.72. The minimum atomic E-state index is -1.18. The zero-order valence-corrected chi connectivity index (χ0v) is 17.0. The Morgan fingerprint density at radius 2 is 2.28 bits per heavy atom. The van der Waals surface area contributed by atoms with E-state index in [1.165, 1.54) is 18.0 Å². The number of carbonyl (C=O) groups is 1. The van der Waals surface area contributed by atoms with E-state index in [2.05, 4.69) is 20.3 Å². The van der Waals surface area contributed by atoms with Crippen molar-refractivity contribution in [2.24, 2.45) is 0 Å². The number of aliphatic hydroxyl groups excluding tert-OH is 2. The van der Waals surface area contributed by atoms with Gasteiger partial charge in [0.15, 0.2) is 17.7 Å². The number of fused-ring (bicyclic) bond motifs is 1. The number of hydrogen-bond donors (Lipinski definition) is 4. The van der Waals surface area contributed by atoms with Crippen molar-refractivity contribution in [3.05, 3.63) is 11.6 Å². The van der Waals surface area contributed by atoms with E-state index in [0.29, 0.717) is 29.9 Å². The summed E-state index contributed by atoms with van der Waals surface area (Å²) < 4.78 is 12.2. The number of nitrogens with one attached hydrogen (secondary N) is 1. The van der Waals surface area contributed by atoms with E-state index in [-0.39, 0.29) is 28.4 Å². The van der Waals surface area contributed by atoms with Gasteiger partial charge in [0.2, 0.25) is 5.28 Å². The van der Waals surface area contributed by atoms with Crippen molar-refractivity contribution in [2.45, 2.75) is 42.3 Å². The average Bonchev–Trinajstić information content (AvgIpc) is 3.39. The molecule has 0 radical (unpaired) electrons. The Hall–Kier alpha value is -1.70. The van der Waals surface area contributed by atoms with Gasteiger partial charge in [-0.2, -0.15) is 21.7 Å². The molecule has 0 bridgehead atoms. The molecule has 2 saturated heterocycles.